The number of carbonyl (C=O) groups excluding carboxylic acids is 2. The van der Waals surface area contributed by atoms with E-state index in [1.54, 1.807) is 6.92 Å². The molecule has 1 aromatic carbocycles. The van der Waals surface area contributed by atoms with Gasteiger partial charge in [0.25, 0.3) is 0 Å². The van der Waals surface area contributed by atoms with Crippen molar-refractivity contribution in [2.45, 2.75) is 6.92 Å². The minimum Gasteiger partial charge on any atom is -0.465 e. The molecule has 7 nitrogen and oxygen atoms in total. The highest BCUT2D eigenvalue weighted by Gasteiger charge is 2.14. The zero-order valence-electron chi connectivity index (χ0n) is 15.7. The Morgan fingerprint density at radius 1 is 1.31 bits per heavy atom. The molecule has 29 heavy (non-hydrogen) atoms. The van der Waals surface area contributed by atoms with Crippen LogP contribution < -0.4 is 5.32 Å². The first-order chi connectivity index (χ1) is 14.0. The molecular weight excluding hydrogens is 390 g/mol. The monoisotopic (exact) mass is 407 g/mol. The van der Waals surface area contributed by atoms with Crippen molar-refractivity contribution in [3.8, 4) is 11.3 Å². The van der Waals surface area contributed by atoms with Gasteiger partial charge >= 0.3 is 5.97 Å². The Labute approximate surface area is 170 Å². The van der Waals surface area contributed by atoms with Crippen LogP contribution in [0.15, 0.2) is 52.4 Å². The number of para-hydroxylation sites is 1. The van der Waals surface area contributed by atoms with E-state index >= 15 is 0 Å². The maximum atomic E-state index is 12.2. The van der Waals surface area contributed by atoms with Gasteiger partial charge in [-0.25, -0.2) is 9.78 Å². The number of furan rings is 1. The lowest BCUT2D eigenvalue weighted by Crippen LogP contribution is -2.07. The molecule has 0 spiro atoms. The van der Waals surface area contributed by atoms with Crippen molar-refractivity contribution < 1.29 is 18.7 Å². The topological polar surface area (TPSA) is 97.2 Å². The van der Waals surface area contributed by atoms with Crippen molar-refractivity contribution in [3.63, 3.8) is 0 Å². The lowest BCUT2D eigenvalue weighted by atomic mass is 10.1. The molecule has 2 N–H and O–H groups in total. The van der Waals surface area contributed by atoms with Crippen molar-refractivity contribution in [2.75, 3.05) is 12.4 Å². The molecule has 0 fully saturated rings. The third kappa shape index (κ3) is 3.83. The molecule has 0 saturated heterocycles. The predicted octanol–water partition coefficient (Wildman–Crippen LogP) is 4.63. The van der Waals surface area contributed by atoms with Gasteiger partial charge in [-0.05, 0) is 25.1 Å². The minimum atomic E-state index is -0.483. The number of methoxy groups -OCH3 is 1. The van der Waals surface area contributed by atoms with E-state index in [0.717, 1.165) is 22.2 Å². The summed E-state index contributed by atoms with van der Waals surface area (Å²) >= 11 is 1.34. The van der Waals surface area contributed by atoms with E-state index in [4.69, 9.17) is 4.42 Å². The van der Waals surface area contributed by atoms with E-state index in [-0.39, 0.29) is 5.91 Å². The number of fused-ring (bicyclic) bond motifs is 1. The third-order valence-corrected chi connectivity index (χ3v) is 5.10. The summed E-state index contributed by atoms with van der Waals surface area (Å²) < 4.78 is 10.1. The van der Waals surface area contributed by atoms with Gasteiger partial charge in [0.15, 0.2) is 5.13 Å². The molecule has 0 aliphatic rings. The maximum absolute atomic E-state index is 12.2. The highest BCUT2D eigenvalue weighted by atomic mass is 32.1. The number of hydrogen-bond donors (Lipinski definition) is 2. The molecule has 3 heterocycles. The number of rotatable bonds is 5. The van der Waals surface area contributed by atoms with Crippen molar-refractivity contribution >= 4 is 45.3 Å². The number of amides is 1. The van der Waals surface area contributed by atoms with E-state index in [1.165, 1.54) is 36.7 Å². The summed E-state index contributed by atoms with van der Waals surface area (Å²) in [4.78, 5) is 31.5. The zero-order valence-corrected chi connectivity index (χ0v) is 16.5. The molecular formula is C21H17N3O4S. The SMILES string of the molecule is COC(=O)c1cc(/C=C/C(=O)Nc2nc(-c3c[nH]c4ccccc34)cs2)oc1C. The summed E-state index contributed by atoms with van der Waals surface area (Å²) in [6.45, 7) is 1.66. The number of ether oxygens (including phenoxy) is 1. The van der Waals surface area contributed by atoms with Crippen LogP contribution in [-0.4, -0.2) is 29.0 Å². The summed E-state index contributed by atoms with van der Waals surface area (Å²) in [5.74, 6) is -0.0154. The van der Waals surface area contributed by atoms with Crippen molar-refractivity contribution in [2.24, 2.45) is 0 Å². The Hall–Kier alpha value is -3.65. The van der Waals surface area contributed by atoms with E-state index in [0.29, 0.717) is 22.2 Å². The number of carbonyl (C=O) groups is 2. The van der Waals surface area contributed by atoms with Gasteiger partial charge in [-0.1, -0.05) is 18.2 Å². The second kappa shape index (κ2) is 7.76. The Kier molecular flexibility index (Phi) is 5.01. The molecule has 0 bridgehead atoms. The number of nitrogens with zero attached hydrogens (tertiary/aromatic N) is 1. The molecule has 0 aliphatic heterocycles. The van der Waals surface area contributed by atoms with Crippen molar-refractivity contribution in [3.05, 3.63) is 65.1 Å². The number of aryl methyl sites for hydroxylation is 1. The Morgan fingerprint density at radius 2 is 2.14 bits per heavy atom. The average molecular weight is 407 g/mol. The first kappa shape index (κ1) is 18.7. The molecule has 0 saturated carbocycles. The van der Waals surface area contributed by atoms with Gasteiger partial charge in [-0.3, -0.25) is 10.1 Å². The lowest BCUT2D eigenvalue weighted by Gasteiger charge is -1.96. The number of nitrogens with one attached hydrogen (secondary N) is 2. The van der Waals surface area contributed by atoms with E-state index in [2.05, 4.69) is 20.0 Å². The van der Waals surface area contributed by atoms with Gasteiger partial charge < -0.3 is 14.1 Å². The number of hydrogen-bond acceptors (Lipinski definition) is 6. The maximum Gasteiger partial charge on any atom is 0.341 e. The third-order valence-electron chi connectivity index (χ3n) is 4.34. The highest BCUT2D eigenvalue weighted by Crippen LogP contribution is 2.30. The Balaban J connectivity index is 1.46. The lowest BCUT2D eigenvalue weighted by molar-refractivity contribution is -0.111. The molecule has 146 valence electrons. The molecule has 1 amide bonds. The van der Waals surface area contributed by atoms with Crippen LogP contribution in [-0.2, 0) is 9.53 Å². The van der Waals surface area contributed by atoms with Crippen LogP contribution >= 0.6 is 11.3 Å². The summed E-state index contributed by atoms with van der Waals surface area (Å²) in [5, 5.41) is 6.20. The molecule has 8 heteroatoms. The van der Waals surface area contributed by atoms with Crippen LogP contribution in [0.1, 0.15) is 21.9 Å². The normalized spacial score (nSPS) is 11.2. The fourth-order valence-corrected chi connectivity index (χ4v) is 3.66. The van der Waals surface area contributed by atoms with Crippen LogP contribution in [0.2, 0.25) is 0 Å². The van der Waals surface area contributed by atoms with Crippen LogP contribution in [0.4, 0.5) is 5.13 Å². The summed E-state index contributed by atoms with van der Waals surface area (Å²) in [6.07, 6.45) is 4.72. The first-order valence-corrected chi connectivity index (χ1v) is 9.63. The number of aromatic amines is 1. The Morgan fingerprint density at radius 3 is 2.97 bits per heavy atom. The van der Waals surface area contributed by atoms with Crippen LogP contribution in [0.5, 0.6) is 0 Å². The summed E-state index contributed by atoms with van der Waals surface area (Å²) in [6, 6.07) is 9.50. The van der Waals surface area contributed by atoms with Crippen LogP contribution in [0, 0.1) is 6.92 Å². The van der Waals surface area contributed by atoms with Gasteiger partial charge in [0, 0.05) is 34.1 Å². The molecule has 4 rings (SSSR count). The van der Waals surface area contributed by atoms with Gasteiger partial charge in [0.05, 0.1) is 12.8 Å². The first-order valence-electron chi connectivity index (χ1n) is 8.75. The van der Waals surface area contributed by atoms with Gasteiger partial charge in [-0.15, -0.1) is 11.3 Å². The molecule has 4 aromatic rings. The summed E-state index contributed by atoms with van der Waals surface area (Å²) in [5.41, 5.74) is 3.13. The standard InChI is InChI=1S/C21H17N3O4S/c1-12-15(20(26)27-2)9-13(28-12)7-8-19(25)24-21-23-18(11-29-21)16-10-22-17-6-4-3-5-14(16)17/h3-11,22H,1-2H3,(H,23,24,25)/b8-7+. The van der Waals surface area contributed by atoms with Crippen molar-refractivity contribution in [1.82, 2.24) is 9.97 Å². The molecule has 3 aromatic heterocycles. The van der Waals surface area contributed by atoms with Gasteiger partial charge in [0.1, 0.15) is 17.1 Å². The van der Waals surface area contributed by atoms with Gasteiger partial charge in [0.2, 0.25) is 5.91 Å². The molecule has 0 atom stereocenters. The van der Waals surface area contributed by atoms with E-state index in [1.807, 2.05) is 35.8 Å². The minimum absolute atomic E-state index is 0.329. The fourth-order valence-electron chi connectivity index (χ4n) is 2.94. The predicted molar refractivity (Wildman–Crippen MR) is 112 cm³/mol. The smallest absolute Gasteiger partial charge is 0.341 e. The van der Waals surface area contributed by atoms with Gasteiger partial charge in [-0.2, -0.15) is 0 Å². The number of H-pyrrole nitrogens is 1. The van der Waals surface area contributed by atoms with E-state index < -0.39 is 5.97 Å². The van der Waals surface area contributed by atoms with Crippen LogP contribution in [0.25, 0.3) is 28.2 Å². The Bertz CT molecular complexity index is 1230. The number of aromatic nitrogens is 2. The number of esters is 1. The van der Waals surface area contributed by atoms with Crippen molar-refractivity contribution in [1.29, 1.82) is 0 Å². The highest BCUT2D eigenvalue weighted by molar-refractivity contribution is 7.14. The largest absolute Gasteiger partial charge is 0.465 e. The fraction of sp³-hybridized carbons (Fsp3) is 0.0952. The number of anilines is 1. The molecule has 0 unspecified atom stereocenters. The van der Waals surface area contributed by atoms with E-state index in [9.17, 15) is 9.59 Å². The summed E-state index contributed by atoms with van der Waals surface area (Å²) in [7, 11) is 1.30. The molecule has 0 radical (unpaired) electrons. The number of benzene rings is 1. The second-order valence-electron chi connectivity index (χ2n) is 6.22. The zero-order chi connectivity index (χ0) is 20.4. The number of thiazole rings is 1. The second-order valence-corrected chi connectivity index (χ2v) is 7.08. The van der Waals surface area contributed by atoms with Crippen LogP contribution in [0.3, 0.4) is 0 Å². The average Bonchev–Trinajstić information content (AvgIpc) is 3.44. The quantitative estimate of drug-likeness (QED) is 0.371. The molecule has 0 aliphatic carbocycles.